The summed E-state index contributed by atoms with van der Waals surface area (Å²) in [5, 5.41) is 3.04. The molecule has 0 aromatic carbocycles. The number of fused-ring (bicyclic) bond motifs is 2. The molecule has 4 aliphatic carbocycles. The third kappa shape index (κ3) is 2.06. The van der Waals surface area contributed by atoms with Gasteiger partial charge in [-0.1, -0.05) is 12.8 Å². The van der Waals surface area contributed by atoms with Crippen LogP contribution in [0.3, 0.4) is 0 Å². The number of rotatable bonds is 1. The summed E-state index contributed by atoms with van der Waals surface area (Å²) in [5.41, 5.74) is 0. The van der Waals surface area contributed by atoms with Crippen molar-refractivity contribution in [2.45, 2.75) is 57.9 Å². The van der Waals surface area contributed by atoms with Gasteiger partial charge in [0.25, 0.3) is 0 Å². The van der Waals surface area contributed by atoms with E-state index in [1.165, 1.54) is 12.8 Å². The van der Waals surface area contributed by atoms with Crippen molar-refractivity contribution in [2.24, 2.45) is 35.5 Å². The molecule has 4 nitrogen and oxygen atoms in total. The Morgan fingerprint density at radius 2 is 1.82 bits per heavy atom. The molecule has 22 heavy (non-hydrogen) atoms. The number of amides is 1. The van der Waals surface area contributed by atoms with Gasteiger partial charge in [0.05, 0.1) is 0 Å². The fourth-order valence-corrected chi connectivity index (χ4v) is 6.25. The van der Waals surface area contributed by atoms with E-state index in [0.717, 1.165) is 32.1 Å². The molecule has 0 heterocycles. The largest absolute Gasteiger partial charge is 0.354 e. The highest BCUT2D eigenvalue weighted by Gasteiger charge is 2.60. The first-order valence-electron chi connectivity index (χ1n) is 8.91. The normalized spacial score (nSPS) is 46.9. The number of carbonyl (C=O) groups is 3. The SMILES string of the molecule is CC(=O)NC1CCC2CC3CCCC4C(=O)C(=O)C(C2C1)C34. The van der Waals surface area contributed by atoms with E-state index in [2.05, 4.69) is 5.32 Å². The summed E-state index contributed by atoms with van der Waals surface area (Å²) in [4.78, 5) is 36.4. The first-order valence-corrected chi connectivity index (χ1v) is 8.91. The second-order valence-electron chi connectivity index (χ2n) is 8.00. The van der Waals surface area contributed by atoms with E-state index < -0.39 is 0 Å². The molecule has 7 unspecified atom stereocenters. The molecule has 0 radical (unpaired) electrons. The molecule has 0 saturated heterocycles. The molecule has 7 atom stereocenters. The maximum Gasteiger partial charge on any atom is 0.217 e. The smallest absolute Gasteiger partial charge is 0.217 e. The van der Waals surface area contributed by atoms with Crippen molar-refractivity contribution < 1.29 is 14.4 Å². The molecule has 0 spiro atoms. The first kappa shape index (κ1) is 14.4. The van der Waals surface area contributed by atoms with Crippen LogP contribution in [0.15, 0.2) is 0 Å². The van der Waals surface area contributed by atoms with Gasteiger partial charge in [0.1, 0.15) is 0 Å². The van der Waals surface area contributed by atoms with Gasteiger partial charge >= 0.3 is 0 Å². The zero-order valence-electron chi connectivity index (χ0n) is 13.2. The van der Waals surface area contributed by atoms with Crippen LogP contribution >= 0.6 is 0 Å². The molecule has 0 bridgehead atoms. The predicted octanol–water partition coefficient (Wildman–Crippen LogP) is 2.11. The lowest BCUT2D eigenvalue weighted by Crippen LogP contribution is -2.49. The molecular weight excluding hydrogens is 278 g/mol. The fraction of sp³-hybridized carbons (Fsp3) is 0.833. The molecule has 1 N–H and O–H groups in total. The third-order valence-corrected chi connectivity index (χ3v) is 6.92. The number of hydrogen-bond acceptors (Lipinski definition) is 3. The number of hydrogen-bond donors (Lipinski definition) is 1. The standard InChI is InChI=1S/C18H25NO3/c1-9(20)19-12-6-5-10-7-11-3-2-4-13-15(11)16(14(10)8-12)18(22)17(13)21/h10-16H,2-8H2,1H3,(H,19,20). The van der Waals surface area contributed by atoms with E-state index in [1.807, 2.05) is 0 Å². The van der Waals surface area contributed by atoms with Crippen LogP contribution in [0.25, 0.3) is 0 Å². The first-order chi connectivity index (χ1) is 10.6. The van der Waals surface area contributed by atoms with Gasteiger partial charge < -0.3 is 5.32 Å². The van der Waals surface area contributed by atoms with Gasteiger partial charge in [0.15, 0.2) is 0 Å². The van der Waals surface area contributed by atoms with Crippen molar-refractivity contribution >= 4 is 17.5 Å². The van der Waals surface area contributed by atoms with Gasteiger partial charge in [0, 0.05) is 24.8 Å². The van der Waals surface area contributed by atoms with Crippen molar-refractivity contribution in [1.29, 1.82) is 0 Å². The fourth-order valence-electron chi connectivity index (χ4n) is 6.25. The summed E-state index contributed by atoms with van der Waals surface area (Å²) in [7, 11) is 0. The van der Waals surface area contributed by atoms with E-state index in [0.29, 0.717) is 23.7 Å². The van der Waals surface area contributed by atoms with Crippen LogP contribution in [-0.4, -0.2) is 23.5 Å². The summed E-state index contributed by atoms with van der Waals surface area (Å²) in [6, 6.07) is 0.195. The maximum absolute atomic E-state index is 12.6. The highest BCUT2D eigenvalue weighted by molar-refractivity contribution is 6.41. The molecule has 4 saturated carbocycles. The minimum Gasteiger partial charge on any atom is -0.354 e. The Hall–Kier alpha value is -1.19. The minimum atomic E-state index is -0.0694. The van der Waals surface area contributed by atoms with E-state index in [9.17, 15) is 14.4 Å². The van der Waals surface area contributed by atoms with Crippen molar-refractivity contribution in [2.75, 3.05) is 0 Å². The minimum absolute atomic E-state index is 0.0153. The second kappa shape index (κ2) is 5.17. The number of nitrogens with one attached hydrogen (secondary N) is 1. The summed E-state index contributed by atoms with van der Waals surface area (Å²) >= 11 is 0. The molecule has 4 rings (SSSR count). The molecule has 0 aliphatic heterocycles. The maximum atomic E-state index is 12.6. The molecular formula is C18H25NO3. The van der Waals surface area contributed by atoms with Crippen molar-refractivity contribution in [3.05, 3.63) is 0 Å². The molecule has 120 valence electrons. The van der Waals surface area contributed by atoms with Crippen molar-refractivity contribution in [3.8, 4) is 0 Å². The lowest BCUT2D eigenvalue weighted by Gasteiger charge is -2.50. The van der Waals surface area contributed by atoms with E-state index in [-0.39, 0.29) is 35.4 Å². The van der Waals surface area contributed by atoms with Gasteiger partial charge in [-0.05, 0) is 55.8 Å². The van der Waals surface area contributed by atoms with Crippen LogP contribution in [0.1, 0.15) is 51.9 Å². The van der Waals surface area contributed by atoms with Crippen LogP contribution < -0.4 is 5.32 Å². The summed E-state index contributed by atoms with van der Waals surface area (Å²) in [6.45, 7) is 1.56. The van der Waals surface area contributed by atoms with Crippen LogP contribution in [0, 0.1) is 35.5 Å². The highest BCUT2D eigenvalue weighted by atomic mass is 16.2. The highest BCUT2D eigenvalue weighted by Crippen LogP contribution is 2.58. The number of carbonyl (C=O) groups excluding carboxylic acids is 3. The van der Waals surface area contributed by atoms with Crippen LogP contribution in [0.5, 0.6) is 0 Å². The van der Waals surface area contributed by atoms with Gasteiger partial charge in [-0.3, -0.25) is 14.4 Å². The van der Waals surface area contributed by atoms with Gasteiger partial charge in [0.2, 0.25) is 17.5 Å². The Morgan fingerprint density at radius 1 is 1.00 bits per heavy atom. The zero-order chi connectivity index (χ0) is 15.4. The average molecular weight is 303 g/mol. The molecule has 4 aliphatic rings. The zero-order valence-corrected chi connectivity index (χ0v) is 13.2. The Morgan fingerprint density at radius 3 is 2.59 bits per heavy atom. The number of ketones is 2. The quantitative estimate of drug-likeness (QED) is 0.755. The van der Waals surface area contributed by atoms with Crippen LogP contribution in [0.2, 0.25) is 0 Å². The lowest BCUT2D eigenvalue weighted by atomic mass is 9.54. The monoisotopic (exact) mass is 303 g/mol. The molecule has 0 aromatic rings. The van der Waals surface area contributed by atoms with Crippen LogP contribution in [0.4, 0.5) is 0 Å². The summed E-state index contributed by atoms with van der Waals surface area (Å²) < 4.78 is 0. The molecule has 0 aromatic heterocycles. The van der Waals surface area contributed by atoms with Crippen molar-refractivity contribution in [1.82, 2.24) is 5.32 Å². The third-order valence-electron chi connectivity index (χ3n) is 6.92. The Bertz CT molecular complexity index is 528. The van der Waals surface area contributed by atoms with E-state index in [4.69, 9.17) is 0 Å². The Kier molecular flexibility index (Phi) is 3.39. The summed E-state index contributed by atoms with van der Waals surface area (Å²) in [6.07, 6.45) is 7.46. The molecule has 1 amide bonds. The van der Waals surface area contributed by atoms with Gasteiger partial charge in [-0.2, -0.15) is 0 Å². The molecule has 4 fully saturated rings. The number of Topliss-reactive ketones (excluding diaryl/α,β-unsaturated/α-hetero) is 2. The van der Waals surface area contributed by atoms with Gasteiger partial charge in [-0.25, -0.2) is 0 Å². The predicted molar refractivity (Wildman–Crippen MR) is 80.9 cm³/mol. The Balaban J connectivity index is 1.61. The molecule has 4 heteroatoms. The van der Waals surface area contributed by atoms with E-state index >= 15 is 0 Å². The van der Waals surface area contributed by atoms with Crippen molar-refractivity contribution in [3.63, 3.8) is 0 Å². The average Bonchev–Trinajstić information content (AvgIpc) is 2.74. The summed E-state index contributed by atoms with van der Waals surface area (Å²) in [5.74, 6) is 1.71. The van der Waals surface area contributed by atoms with Crippen LogP contribution in [-0.2, 0) is 14.4 Å². The van der Waals surface area contributed by atoms with E-state index in [1.54, 1.807) is 6.92 Å². The van der Waals surface area contributed by atoms with Gasteiger partial charge in [-0.15, -0.1) is 0 Å². The second-order valence-corrected chi connectivity index (χ2v) is 8.00. The lowest BCUT2D eigenvalue weighted by molar-refractivity contribution is -0.138. The Labute approximate surface area is 131 Å². The topological polar surface area (TPSA) is 63.2 Å².